The van der Waals surface area contributed by atoms with E-state index in [9.17, 15) is 4.79 Å². The molecule has 6 nitrogen and oxygen atoms in total. The van der Waals surface area contributed by atoms with E-state index in [4.69, 9.17) is 4.52 Å². The number of aromatic nitrogens is 1. The van der Waals surface area contributed by atoms with Gasteiger partial charge in [0.15, 0.2) is 0 Å². The van der Waals surface area contributed by atoms with E-state index in [1.807, 2.05) is 18.7 Å². The number of fused-ring (bicyclic) bond motifs is 1. The van der Waals surface area contributed by atoms with Crippen molar-refractivity contribution in [1.29, 1.82) is 0 Å². The van der Waals surface area contributed by atoms with Gasteiger partial charge in [-0.2, -0.15) is 0 Å². The van der Waals surface area contributed by atoms with Crippen LogP contribution in [-0.2, 0) is 17.8 Å². The Bertz CT molecular complexity index is 819. The second-order valence-corrected chi connectivity index (χ2v) is 8.10. The van der Waals surface area contributed by atoms with Crippen LogP contribution in [-0.4, -0.2) is 59.6 Å². The second-order valence-electron chi connectivity index (χ2n) is 8.10. The average molecular weight is 383 g/mol. The number of hydrogen-bond donors (Lipinski definition) is 0. The van der Waals surface area contributed by atoms with E-state index in [2.05, 4.69) is 46.1 Å². The van der Waals surface area contributed by atoms with Gasteiger partial charge in [0, 0.05) is 50.0 Å². The van der Waals surface area contributed by atoms with Crippen molar-refractivity contribution in [3.8, 4) is 0 Å². The van der Waals surface area contributed by atoms with Gasteiger partial charge in [0.25, 0.3) is 0 Å². The highest BCUT2D eigenvalue weighted by Crippen LogP contribution is 2.30. The molecule has 2 aliphatic heterocycles. The van der Waals surface area contributed by atoms with Crippen LogP contribution in [0.15, 0.2) is 28.8 Å². The molecule has 0 radical (unpaired) electrons. The van der Waals surface area contributed by atoms with Gasteiger partial charge in [-0.05, 0) is 45.2 Å². The first kappa shape index (κ1) is 19.0. The number of nitrogens with zero attached hydrogens (tertiary/aromatic N) is 4. The largest absolute Gasteiger partial charge is 0.361 e. The van der Waals surface area contributed by atoms with Gasteiger partial charge in [-0.25, -0.2) is 0 Å². The van der Waals surface area contributed by atoms with Gasteiger partial charge >= 0.3 is 0 Å². The van der Waals surface area contributed by atoms with Crippen LogP contribution in [0.5, 0.6) is 0 Å². The summed E-state index contributed by atoms with van der Waals surface area (Å²) < 4.78 is 5.27. The highest BCUT2D eigenvalue weighted by Gasteiger charge is 2.28. The summed E-state index contributed by atoms with van der Waals surface area (Å²) in [6.45, 7) is 10.9. The Kier molecular flexibility index (Phi) is 5.40. The van der Waals surface area contributed by atoms with Crippen molar-refractivity contribution in [2.24, 2.45) is 0 Å². The zero-order chi connectivity index (χ0) is 19.7. The number of hydrogen-bond acceptors (Lipinski definition) is 5. The molecule has 4 rings (SSSR count). The fraction of sp³-hybridized carbons (Fsp3) is 0.545. The first-order valence-corrected chi connectivity index (χ1v) is 10.3. The lowest BCUT2D eigenvalue weighted by atomic mass is 9.96. The van der Waals surface area contributed by atoms with Crippen LogP contribution >= 0.6 is 0 Å². The maximum Gasteiger partial charge on any atom is 0.242 e. The van der Waals surface area contributed by atoms with Crippen molar-refractivity contribution in [2.45, 2.75) is 46.2 Å². The number of carbonyl (C=O) groups excluding carboxylic acids is 1. The Morgan fingerprint density at radius 2 is 1.93 bits per heavy atom. The third kappa shape index (κ3) is 3.78. The molecule has 2 aromatic rings. The van der Waals surface area contributed by atoms with Crippen molar-refractivity contribution in [1.82, 2.24) is 15.0 Å². The average Bonchev–Trinajstić information content (AvgIpc) is 3.02. The zero-order valence-corrected chi connectivity index (χ0v) is 17.1. The summed E-state index contributed by atoms with van der Waals surface area (Å²) in [5, 5.41) is 4.04. The quantitative estimate of drug-likeness (QED) is 0.814. The van der Waals surface area contributed by atoms with Crippen LogP contribution in [0, 0.1) is 13.8 Å². The molecular weight excluding hydrogens is 352 g/mol. The third-order valence-electron chi connectivity index (χ3n) is 6.26. The molecule has 2 aliphatic rings. The van der Waals surface area contributed by atoms with E-state index in [0.29, 0.717) is 12.6 Å². The molecule has 1 saturated heterocycles. The lowest BCUT2D eigenvalue weighted by Gasteiger charge is -2.39. The topological polar surface area (TPSA) is 52.8 Å². The van der Waals surface area contributed by atoms with Crippen LogP contribution in [0.25, 0.3) is 0 Å². The molecule has 0 bridgehead atoms. The Morgan fingerprint density at radius 1 is 1.18 bits per heavy atom. The summed E-state index contributed by atoms with van der Waals surface area (Å²) >= 11 is 0. The number of aryl methyl sites for hydroxylation is 3. The summed E-state index contributed by atoms with van der Waals surface area (Å²) in [4.78, 5) is 19.7. The highest BCUT2D eigenvalue weighted by atomic mass is 16.5. The molecule has 150 valence electrons. The molecule has 28 heavy (non-hydrogen) atoms. The molecule has 0 aliphatic carbocycles. The van der Waals surface area contributed by atoms with E-state index in [1.165, 1.54) is 16.8 Å². The van der Waals surface area contributed by atoms with Gasteiger partial charge in [-0.3, -0.25) is 9.69 Å². The SMILES string of the molecule is Cc1noc(C)c1CN1CCN(C(=O)CN2c3ccccc3CCC2C)CC1. The summed E-state index contributed by atoms with van der Waals surface area (Å²) in [5.41, 5.74) is 4.73. The van der Waals surface area contributed by atoms with Gasteiger partial charge in [-0.15, -0.1) is 0 Å². The number of anilines is 1. The molecule has 1 atom stereocenters. The van der Waals surface area contributed by atoms with Crippen LogP contribution in [0.1, 0.15) is 35.9 Å². The Labute approximate surface area is 167 Å². The fourth-order valence-corrected chi connectivity index (χ4v) is 4.35. The summed E-state index contributed by atoms with van der Waals surface area (Å²) in [5.74, 6) is 1.13. The van der Waals surface area contributed by atoms with Gasteiger partial charge in [0.1, 0.15) is 5.76 Å². The van der Waals surface area contributed by atoms with Gasteiger partial charge in [0.2, 0.25) is 5.91 Å². The predicted octanol–water partition coefficient (Wildman–Crippen LogP) is 2.78. The summed E-state index contributed by atoms with van der Waals surface area (Å²) in [6.07, 6.45) is 2.21. The first-order chi connectivity index (χ1) is 13.5. The molecule has 0 N–H and O–H groups in total. The summed E-state index contributed by atoms with van der Waals surface area (Å²) in [6, 6.07) is 8.90. The smallest absolute Gasteiger partial charge is 0.242 e. The number of benzene rings is 1. The fourth-order valence-electron chi connectivity index (χ4n) is 4.35. The maximum absolute atomic E-state index is 13.0. The molecule has 6 heteroatoms. The van der Waals surface area contributed by atoms with Crippen molar-refractivity contribution < 1.29 is 9.32 Å². The molecule has 1 unspecified atom stereocenters. The van der Waals surface area contributed by atoms with Gasteiger partial charge in [-0.1, -0.05) is 23.4 Å². The first-order valence-electron chi connectivity index (χ1n) is 10.3. The van der Waals surface area contributed by atoms with Gasteiger partial charge in [0.05, 0.1) is 12.2 Å². The van der Waals surface area contributed by atoms with E-state index in [0.717, 1.165) is 57.0 Å². The molecule has 0 spiro atoms. The van der Waals surface area contributed by atoms with Crippen LogP contribution in [0.2, 0.25) is 0 Å². The minimum atomic E-state index is 0.237. The van der Waals surface area contributed by atoms with Gasteiger partial charge < -0.3 is 14.3 Å². The minimum absolute atomic E-state index is 0.237. The lowest BCUT2D eigenvalue weighted by Crippen LogP contribution is -2.52. The number of rotatable bonds is 4. The molecule has 1 amide bonds. The number of carbonyl (C=O) groups is 1. The van der Waals surface area contributed by atoms with Crippen molar-refractivity contribution >= 4 is 11.6 Å². The Morgan fingerprint density at radius 3 is 2.64 bits per heavy atom. The molecule has 1 fully saturated rings. The molecule has 1 aromatic carbocycles. The number of piperazine rings is 1. The lowest BCUT2D eigenvalue weighted by molar-refractivity contribution is -0.131. The Balaban J connectivity index is 1.35. The molecular formula is C22H30N4O2. The minimum Gasteiger partial charge on any atom is -0.361 e. The Hall–Kier alpha value is -2.34. The van der Waals surface area contributed by atoms with Crippen LogP contribution < -0.4 is 4.90 Å². The predicted molar refractivity (Wildman–Crippen MR) is 109 cm³/mol. The second kappa shape index (κ2) is 7.95. The monoisotopic (exact) mass is 382 g/mol. The standard InChI is InChI=1S/C22H30N4O2/c1-16-8-9-19-6-4-5-7-21(19)26(16)15-22(27)25-12-10-24(11-13-25)14-20-17(2)23-28-18(20)3/h4-7,16H,8-15H2,1-3H3. The van der Waals surface area contributed by atoms with Crippen molar-refractivity contribution in [3.05, 3.63) is 46.8 Å². The van der Waals surface area contributed by atoms with Crippen molar-refractivity contribution in [2.75, 3.05) is 37.6 Å². The normalized spacial score (nSPS) is 20.3. The van der Waals surface area contributed by atoms with Crippen molar-refractivity contribution in [3.63, 3.8) is 0 Å². The zero-order valence-electron chi connectivity index (χ0n) is 17.1. The third-order valence-corrected chi connectivity index (χ3v) is 6.26. The van der Waals surface area contributed by atoms with Crippen LogP contribution in [0.4, 0.5) is 5.69 Å². The number of para-hydroxylation sites is 1. The summed E-state index contributed by atoms with van der Waals surface area (Å²) in [7, 11) is 0. The number of amides is 1. The van der Waals surface area contributed by atoms with Crippen LogP contribution in [0.3, 0.4) is 0 Å². The van der Waals surface area contributed by atoms with E-state index >= 15 is 0 Å². The molecule has 0 saturated carbocycles. The van der Waals surface area contributed by atoms with E-state index in [-0.39, 0.29) is 5.91 Å². The van der Waals surface area contributed by atoms with E-state index in [1.54, 1.807) is 0 Å². The van der Waals surface area contributed by atoms with E-state index < -0.39 is 0 Å². The molecule has 3 heterocycles. The maximum atomic E-state index is 13.0. The highest BCUT2D eigenvalue weighted by molar-refractivity contribution is 5.82. The molecule has 1 aromatic heterocycles.